The van der Waals surface area contributed by atoms with E-state index in [2.05, 4.69) is 14.3 Å². The third-order valence-corrected chi connectivity index (χ3v) is 2.31. The predicted molar refractivity (Wildman–Crippen MR) is 52.6 cm³/mol. The number of nitrogens with two attached hydrogens (primary N) is 1. The number of aromatic nitrogens is 3. The molecule has 0 fully saturated rings. The third-order valence-electron chi connectivity index (χ3n) is 1.77. The number of halogens is 3. The smallest absolute Gasteiger partial charge is 0.374 e. The highest BCUT2D eigenvalue weighted by molar-refractivity contribution is 7.09. The van der Waals surface area contributed by atoms with Gasteiger partial charge in [0.25, 0.3) is 0 Å². The van der Waals surface area contributed by atoms with Crippen LogP contribution in [0, 0.1) is 0 Å². The minimum atomic E-state index is -4.48. The van der Waals surface area contributed by atoms with Gasteiger partial charge < -0.3 is 5.73 Å². The molecule has 0 aromatic carbocycles. The van der Waals surface area contributed by atoms with Crippen LogP contribution < -0.4 is 5.73 Å². The molecule has 2 aromatic heterocycles. The Morgan fingerprint density at radius 2 is 2.06 bits per heavy atom. The van der Waals surface area contributed by atoms with Crippen molar-refractivity contribution in [3.05, 3.63) is 23.9 Å². The van der Waals surface area contributed by atoms with Crippen LogP contribution in [0.15, 0.2) is 18.3 Å². The topological polar surface area (TPSA) is 64.7 Å². The molecule has 0 aliphatic heterocycles. The van der Waals surface area contributed by atoms with E-state index in [1.165, 1.54) is 12.3 Å². The average Bonchev–Trinajstić information content (AvgIpc) is 2.64. The zero-order valence-corrected chi connectivity index (χ0v) is 8.51. The summed E-state index contributed by atoms with van der Waals surface area (Å²) in [4.78, 5) is 7.31. The Morgan fingerprint density at radius 3 is 2.62 bits per heavy atom. The van der Waals surface area contributed by atoms with Crippen LogP contribution in [0.1, 0.15) is 5.56 Å². The first-order valence-electron chi connectivity index (χ1n) is 4.10. The van der Waals surface area contributed by atoms with Crippen LogP contribution >= 0.6 is 11.5 Å². The van der Waals surface area contributed by atoms with Crippen molar-refractivity contribution in [3.63, 3.8) is 0 Å². The van der Waals surface area contributed by atoms with E-state index in [-0.39, 0.29) is 16.6 Å². The number of rotatable bonds is 1. The highest BCUT2D eigenvalue weighted by Gasteiger charge is 2.35. The van der Waals surface area contributed by atoms with Crippen LogP contribution in [0.25, 0.3) is 11.5 Å². The minimum Gasteiger partial charge on any atom is -0.374 e. The fourth-order valence-electron chi connectivity index (χ4n) is 1.14. The maximum Gasteiger partial charge on any atom is 0.418 e. The summed E-state index contributed by atoms with van der Waals surface area (Å²) >= 11 is 0.828. The Labute approximate surface area is 92.1 Å². The van der Waals surface area contributed by atoms with Crippen LogP contribution in [-0.4, -0.2) is 14.3 Å². The van der Waals surface area contributed by atoms with Crippen LogP contribution in [0.5, 0.6) is 0 Å². The van der Waals surface area contributed by atoms with E-state index < -0.39 is 11.7 Å². The van der Waals surface area contributed by atoms with Crippen molar-refractivity contribution in [3.8, 4) is 11.5 Å². The summed E-state index contributed by atoms with van der Waals surface area (Å²) in [6.07, 6.45) is -3.23. The van der Waals surface area contributed by atoms with Gasteiger partial charge in [-0.15, -0.1) is 0 Å². The summed E-state index contributed by atoms with van der Waals surface area (Å²) in [6, 6.07) is 2.14. The highest BCUT2D eigenvalue weighted by Crippen LogP contribution is 2.34. The molecular formula is C8H5F3N4S. The summed E-state index contributed by atoms with van der Waals surface area (Å²) in [7, 11) is 0. The van der Waals surface area contributed by atoms with Crippen molar-refractivity contribution in [1.29, 1.82) is 0 Å². The van der Waals surface area contributed by atoms with Crippen molar-refractivity contribution in [2.75, 3.05) is 5.73 Å². The molecule has 0 aliphatic carbocycles. The molecule has 84 valence electrons. The molecule has 4 nitrogen and oxygen atoms in total. The molecule has 0 spiro atoms. The van der Waals surface area contributed by atoms with Crippen LogP contribution in [0.3, 0.4) is 0 Å². The van der Waals surface area contributed by atoms with Gasteiger partial charge in [-0.25, -0.2) is 0 Å². The summed E-state index contributed by atoms with van der Waals surface area (Å²) in [6.45, 7) is 0. The molecule has 8 heteroatoms. The summed E-state index contributed by atoms with van der Waals surface area (Å²) in [5, 5.41) is 0.105. The monoisotopic (exact) mass is 246 g/mol. The quantitative estimate of drug-likeness (QED) is 0.837. The van der Waals surface area contributed by atoms with Crippen LogP contribution in [-0.2, 0) is 6.18 Å². The first kappa shape index (κ1) is 10.8. The van der Waals surface area contributed by atoms with Crippen molar-refractivity contribution >= 4 is 16.7 Å². The maximum atomic E-state index is 12.6. The molecule has 0 bridgehead atoms. The van der Waals surface area contributed by atoms with Gasteiger partial charge in [-0.1, -0.05) is 0 Å². The molecule has 0 saturated carbocycles. The van der Waals surface area contributed by atoms with Gasteiger partial charge in [0.2, 0.25) is 0 Å². The summed E-state index contributed by atoms with van der Waals surface area (Å²) < 4.78 is 41.6. The lowest BCUT2D eigenvalue weighted by atomic mass is 10.2. The number of alkyl halides is 3. The number of anilines is 1. The maximum absolute atomic E-state index is 12.6. The molecule has 0 amide bonds. The van der Waals surface area contributed by atoms with Crippen LogP contribution in [0.2, 0.25) is 0 Å². The summed E-state index contributed by atoms with van der Waals surface area (Å²) in [5.41, 5.74) is 4.14. The van der Waals surface area contributed by atoms with Crippen LogP contribution in [0.4, 0.5) is 18.3 Å². The average molecular weight is 246 g/mol. The molecular weight excluding hydrogens is 241 g/mol. The van der Waals surface area contributed by atoms with Crippen molar-refractivity contribution in [1.82, 2.24) is 14.3 Å². The van der Waals surface area contributed by atoms with Gasteiger partial charge in [0.05, 0.1) is 5.56 Å². The van der Waals surface area contributed by atoms with Crippen molar-refractivity contribution in [2.24, 2.45) is 0 Å². The predicted octanol–water partition coefficient (Wildman–Crippen LogP) is 2.20. The molecule has 0 atom stereocenters. The van der Waals surface area contributed by atoms with Gasteiger partial charge in [-0.05, 0) is 12.1 Å². The number of nitrogens with zero attached hydrogens (tertiary/aromatic N) is 3. The van der Waals surface area contributed by atoms with E-state index in [9.17, 15) is 13.2 Å². The Kier molecular flexibility index (Phi) is 2.50. The zero-order chi connectivity index (χ0) is 11.8. The lowest BCUT2D eigenvalue weighted by molar-refractivity contribution is -0.137. The number of pyridine rings is 1. The molecule has 0 aliphatic rings. The molecule has 2 N–H and O–H groups in total. The van der Waals surface area contributed by atoms with Gasteiger partial charge >= 0.3 is 6.18 Å². The second-order valence-corrected chi connectivity index (χ2v) is 3.64. The second-order valence-electron chi connectivity index (χ2n) is 2.85. The zero-order valence-electron chi connectivity index (χ0n) is 7.69. The Bertz CT molecular complexity index is 508. The fourth-order valence-corrected chi connectivity index (χ4v) is 1.58. The largest absolute Gasteiger partial charge is 0.418 e. The minimum absolute atomic E-state index is 0.101. The first-order valence-corrected chi connectivity index (χ1v) is 4.87. The normalized spacial score (nSPS) is 11.7. The van der Waals surface area contributed by atoms with E-state index in [1.54, 1.807) is 0 Å². The number of hydrogen-bond donors (Lipinski definition) is 1. The first-order chi connectivity index (χ1) is 7.48. The van der Waals surface area contributed by atoms with E-state index in [1.807, 2.05) is 0 Å². The highest BCUT2D eigenvalue weighted by atomic mass is 32.1. The lowest BCUT2D eigenvalue weighted by Gasteiger charge is -2.08. The van der Waals surface area contributed by atoms with Gasteiger partial charge in [0, 0.05) is 17.7 Å². The Hall–Kier alpha value is -1.70. The van der Waals surface area contributed by atoms with E-state index in [0.717, 1.165) is 17.6 Å². The van der Waals surface area contributed by atoms with Gasteiger partial charge in [0.15, 0.2) is 11.0 Å². The van der Waals surface area contributed by atoms with E-state index >= 15 is 0 Å². The van der Waals surface area contributed by atoms with Gasteiger partial charge in [-0.2, -0.15) is 22.5 Å². The van der Waals surface area contributed by atoms with Crippen molar-refractivity contribution in [2.45, 2.75) is 6.18 Å². The van der Waals surface area contributed by atoms with Gasteiger partial charge in [0.1, 0.15) is 5.69 Å². The van der Waals surface area contributed by atoms with E-state index in [4.69, 9.17) is 5.73 Å². The molecule has 16 heavy (non-hydrogen) atoms. The molecule has 0 unspecified atom stereocenters. The number of hydrogen-bond acceptors (Lipinski definition) is 5. The molecule has 2 aromatic rings. The van der Waals surface area contributed by atoms with Gasteiger partial charge in [-0.3, -0.25) is 4.98 Å². The summed E-state index contributed by atoms with van der Waals surface area (Å²) in [5.74, 6) is -0.101. The molecule has 2 heterocycles. The SMILES string of the molecule is Nc1nc(-c2ncccc2C(F)(F)F)ns1. The van der Waals surface area contributed by atoms with E-state index in [0.29, 0.717) is 0 Å². The Morgan fingerprint density at radius 1 is 1.31 bits per heavy atom. The lowest BCUT2D eigenvalue weighted by Crippen LogP contribution is -2.08. The molecule has 0 saturated heterocycles. The Balaban J connectivity index is 2.57. The second kappa shape index (κ2) is 3.71. The number of nitrogen functional groups attached to an aromatic ring is 1. The fraction of sp³-hybridized carbons (Fsp3) is 0.125. The third kappa shape index (κ3) is 1.96. The molecule has 0 radical (unpaired) electrons. The van der Waals surface area contributed by atoms with Crippen molar-refractivity contribution < 1.29 is 13.2 Å². The standard InChI is InChI=1S/C8H5F3N4S/c9-8(10,11)4-2-1-3-13-5(4)6-14-7(12)16-15-6/h1-3H,(H2,12,14,15). The molecule has 2 rings (SSSR count).